The molecule has 0 saturated heterocycles. The van der Waals surface area contributed by atoms with Gasteiger partial charge in [-0.2, -0.15) is 0 Å². The summed E-state index contributed by atoms with van der Waals surface area (Å²) >= 11 is 0. The summed E-state index contributed by atoms with van der Waals surface area (Å²) in [5.74, 6) is -2.39. The molecule has 0 amide bonds. The van der Waals surface area contributed by atoms with Crippen molar-refractivity contribution in [1.29, 1.82) is 0 Å². The van der Waals surface area contributed by atoms with Gasteiger partial charge in [0.1, 0.15) is 0 Å². The van der Waals surface area contributed by atoms with E-state index in [9.17, 15) is 24.6 Å². The number of phenols is 2. The molecule has 148 valence electrons. The van der Waals surface area contributed by atoms with E-state index in [0.717, 1.165) is 12.8 Å². The van der Waals surface area contributed by atoms with Gasteiger partial charge in [0.2, 0.25) is 0 Å². The first-order chi connectivity index (χ1) is 13.4. The van der Waals surface area contributed by atoms with Crippen LogP contribution in [0.3, 0.4) is 0 Å². The van der Waals surface area contributed by atoms with Gasteiger partial charge in [-0.05, 0) is 18.6 Å². The van der Waals surface area contributed by atoms with Gasteiger partial charge in [0.25, 0.3) is 0 Å². The number of rotatable bonds is 6. The van der Waals surface area contributed by atoms with Crippen LogP contribution in [-0.2, 0) is 4.79 Å². The molecule has 0 unspecified atom stereocenters. The number of hydrogen-bond donors (Lipinski definition) is 3. The molecule has 0 bridgehead atoms. The monoisotopic (exact) mass is 384 g/mol. The van der Waals surface area contributed by atoms with Crippen molar-refractivity contribution < 1.29 is 29.7 Å². The van der Waals surface area contributed by atoms with Crippen molar-refractivity contribution in [1.82, 2.24) is 0 Å². The number of aromatic hydroxyl groups is 2. The third kappa shape index (κ3) is 4.76. The lowest BCUT2D eigenvalue weighted by Gasteiger charge is -2.18. The Balaban J connectivity index is 0.000000242. The zero-order valence-corrected chi connectivity index (χ0v) is 15.8. The largest absolute Gasteiger partial charge is 0.504 e. The maximum absolute atomic E-state index is 12.2. The fraction of sp³-hybridized carbons (Fsp3) is 0.318. The summed E-state index contributed by atoms with van der Waals surface area (Å²) in [5.41, 5.74) is 0.559. The SMILES string of the molecule is CCCCCCCC(=O)O.O=C1c2ccccc2C(=O)c2c1ccc(O)c2O. The predicted octanol–water partition coefficient (Wildman–Crippen LogP) is 4.30. The molecular weight excluding hydrogens is 360 g/mol. The van der Waals surface area contributed by atoms with E-state index in [2.05, 4.69) is 6.92 Å². The van der Waals surface area contributed by atoms with E-state index in [4.69, 9.17) is 5.11 Å². The van der Waals surface area contributed by atoms with E-state index in [1.165, 1.54) is 37.5 Å². The van der Waals surface area contributed by atoms with Gasteiger partial charge in [0, 0.05) is 23.1 Å². The Bertz CT molecular complexity index is 885. The molecule has 0 spiro atoms. The quantitative estimate of drug-likeness (QED) is 0.431. The van der Waals surface area contributed by atoms with Gasteiger partial charge < -0.3 is 15.3 Å². The van der Waals surface area contributed by atoms with Gasteiger partial charge in [0.05, 0.1) is 5.56 Å². The van der Waals surface area contributed by atoms with Crippen LogP contribution < -0.4 is 0 Å². The normalized spacial score (nSPS) is 11.9. The van der Waals surface area contributed by atoms with E-state index in [1.807, 2.05) is 0 Å². The van der Waals surface area contributed by atoms with E-state index >= 15 is 0 Å². The summed E-state index contributed by atoms with van der Waals surface area (Å²) in [6, 6.07) is 8.97. The molecule has 3 N–H and O–H groups in total. The fourth-order valence-electron chi connectivity index (χ4n) is 3.04. The Morgan fingerprint density at radius 1 is 0.821 bits per heavy atom. The highest BCUT2D eigenvalue weighted by Crippen LogP contribution is 2.37. The second kappa shape index (κ2) is 9.69. The summed E-state index contributed by atoms with van der Waals surface area (Å²) in [6.45, 7) is 2.15. The van der Waals surface area contributed by atoms with E-state index < -0.39 is 23.3 Å². The Labute approximate surface area is 163 Å². The standard InChI is InChI=1S/C14H8O4.C8H16O2/c15-10-6-5-9-11(14(10)18)13(17)8-4-2-1-3-7(8)12(9)16;1-2-3-4-5-6-7-8(9)10/h1-6,15,18H;2-7H2,1H3,(H,9,10). The van der Waals surface area contributed by atoms with Gasteiger partial charge in [-0.15, -0.1) is 0 Å². The van der Waals surface area contributed by atoms with Gasteiger partial charge in [-0.25, -0.2) is 0 Å². The molecule has 0 saturated carbocycles. The molecule has 3 rings (SSSR count). The first-order valence-corrected chi connectivity index (χ1v) is 9.33. The molecule has 0 radical (unpaired) electrons. The number of fused-ring (bicyclic) bond motifs is 2. The first-order valence-electron chi connectivity index (χ1n) is 9.33. The van der Waals surface area contributed by atoms with E-state index in [1.54, 1.807) is 18.2 Å². The highest BCUT2D eigenvalue weighted by Gasteiger charge is 2.32. The minimum absolute atomic E-state index is 0.119. The molecule has 0 aromatic heterocycles. The van der Waals surface area contributed by atoms with Gasteiger partial charge in [0.15, 0.2) is 23.1 Å². The van der Waals surface area contributed by atoms with Crippen LogP contribution in [-0.4, -0.2) is 32.9 Å². The third-order valence-corrected chi connectivity index (χ3v) is 4.54. The molecule has 6 heteroatoms. The van der Waals surface area contributed by atoms with Crippen LogP contribution in [0, 0.1) is 0 Å². The van der Waals surface area contributed by atoms with Crippen LogP contribution in [0.2, 0.25) is 0 Å². The Morgan fingerprint density at radius 3 is 2.04 bits per heavy atom. The maximum atomic E-state index is 12.2. The number of carbonyl (C=O) groups excluding carboxylic acids is 2. The van der Waals surface area contributed by atoms with Crippen molar-refractivity contribution in [2.24, 2.45) is 0 Å². The Morgan fingerprint density at radius 2 is 1.43 bits per heavy atom. The molecule has 1 aliphatic carbocycles. The first kappa shape index (κ1) is 21.2. The summed E-state index contributed by atoms with van der Waals surface area (Å²) in [5, 5.41) is 27.4. The predicted molar refractivity (Wildman–Crippen MR) is 104 cm³/mol. The number of ketones is 2. The van der Waals surface area contributed by atoms with Crippen LogP contribution in [0.25, 0.3) is 0 Å². The number of aliphatic carboxylic acids is 1. The van der Waals surface area contributed by atoms with Crippen LogP contribution in [0.15, 0.2) is 36.4 Å². The molecule has 28 heavy (non-hydrogen) atoms. The summed E-state index contributed by atoms with van der Waals surface area (Å²) in [4.78, 5) is 34.4. The molecule has 0 heterocycles. The molecule has 0 fully saturated rings. The van der Waals surface area contributed by atoms with Gasteiger partial charge in [-0.1, -0.05) is 56.9 Å². The van der Waals surface area contributed by atoms with Crippen molar-refractivity contribution in [2.45, 2.75) is 45.4 Å². The highest BCUT2D eigenvalue weighted by atomic mass is 16.4. The van der Waals surface area contributed by atoms with Crippen molar-refractivity contribution in [3.63, 3.8) is 0 Å². The number of phenolic OH excluding ortho intramolecular Hbond substituents is 2. The average molecular weight is 384 g/mol. The summed E-state index contributed by atoms with van der Waals surface area (Å²) in [7, 11) is 0. The molecule has 2 aromatic rings. The zero-order chi connectivity index (χ0) is 20.7. The van der Waals surface area contributed by atoms with Crippen molar-refractivity contribution in [2.75, 3.05) is 0 Å². The minimum atomic E-state index is -0.670. The summed E-state index contributed by atoms with van der Waals surface area (Å²) < 4.78 is 0. The number of unbranched alkanes of at least 4 members (excludes halogenated alkanes) is 4. The van der Waals surface area contributed by atoms with Crippen LogP contribution in [0.4, 0.5) is 0 Å². The average Bonchev–Trinajstić information content (AvgIpc) is 2.68. The molecule has 1 aliphatic rings. The number of carboxylic acids is 1. The van der Waals surface area contributed by atoms with Crippen LogP contribution >= 0.6 is 0 Å². The minimum Gasteiger partial charge on any atom is -0.504 e. The lowest BCUT2D eigenvalue weighted by atomic mass is 9.83. The topological polar surface area (TPSA) is 112 Å². The highest BCUT2D eigenvalue weighted by molar-refractivity contribution is 6.29. The van der Waals surface area contributed by atoms with Gasteiger partial charge >= 0.3 is 5.97 Å². The Hall–Kier alpha value is -3.15. The van der Waals surface area contributed by atoms with Gasteiger partial charge in [-0.3, -0.25) is 14.4 Å². The molecule has 0 atom stereocenters. The lowest BCUT2D eigenvalue weighted by Crippen LogP contribution is -2.20. The van der Waals surface area contributed by atoms with E-state index in [-0.39, 0.29) is 22.5 Å². The van der Waals surface area contributed by atoms with Crippen molar-refractivity contribution in [3.8, 4) is 11.5 Å². The number of hydrogen-bond acceptors (Lipinski definition) is 5. The fourth-order valence-corrected chi connectivity index (χ4v) is 3.04. The number of carboxylic acid groups (broad SMARTS) is 1. The zero-order valence-electron chi connectivity index (χ0n) is 15.8. The smallest absolute Gasteiger partial charge is 0.303 e. The molecule has 6 nitrogen and oxygen atoms in total. The van der Waals surface area contributed by atoms with Crippen molar-refractivity contribution in [3.05, 3.63) is 58.7 Å². The third-order valence-electron chi connectivity index (χ3n) is 4.54. The van der Waals surface area contributed by atoms with E-state index in [0.29, 0.717) is 12.0 Å². The van der Waals surface area contributed by atoms with Crippen molar-refractivity contribution >= 4 is 17.5 Å². The maximum Gasteiger partial charge on any atom is 0.303 e. The lowest BCUT2D eigenvalue weighted by molar-refractivity contribution is -0.137. The number of carbonyl (C=O) groups is 3. The second-order valence-electron chi connectivity index (χ2n) is 6.62. The second-order valence-corrected chi connectivity index (χ2v) is 6.62. The van der Waals surface area contributed by atoms with Crippen LogP contribution in [0.1, 0.15) is 77.3 Å². The number of benzene rings is 2. The molecule has 2 aromatic carbocycles. The molecular formula is C22H24O6. The Kier molecular flexibility index (Phi) is 7.32. The van der Waals surface area contributed by atoms with Crippen LogP contribution in [0.5, 0.6) is 11.5 Å². The summed E-state index contributed by atoms with van der Waals surface area (Å²) in [6.07, 6.45) is 5.88. The molecule has 0 aliphatic heterocycles.